The summed E-state index contributed by atoms with van der Waals surface area (Å²) in [4.78, 5) is 20.1. The minimum Gasteiger partial charge on any atom is -0.339 e. The Morgan fingerprint density at radius 3 is 2.50 bits per heavy atom. The molecule has 1 amide bonds. The van der Waals surface area contributed by atoms with Crippen LogP contribution in [0.15, 0.2) is 64.3 Å². The van der Waals surface area contributed by atoms with Crippen LogP contribution in [0.1, 0.15) is 32.4 Å². The number of anilines is 1. The van der Waals surface area contributed by atoms with Crippen molar-refractivity contribution in [2.24, 2.45) is 0 Å². The maximum absolute atomic E-state index is 13.5. The summed E-state index contributed by atoms with van der Waals surface area (Å²) in [7, 11) is 0. The van der Waals surface area contributed by atoms with Crippen LogP contribution in [0, 0.1) is 0 Å². The van der Waals surface area contributed by atoms with Crippen LogP contribution < -0.4 is 5.32 Å². The molecule has 1 aromatic heterocycles. The molecule has 2 heterocycles. The first-order chi connectivity index (χ1) is 13.5. The number of likely N-dealkylation sites (N-methyl/N-ethyl adjacent to an activating group) is 1. The Hall–Kier alpha value is -2.60. The maximum atomic E-state index is 13.5. The Balaban J connectivity index is 1.96. The van der Waals surface area contributed by atoms with Crippen molar-refractivity contribution in [3.63, 3.8) is 0 Å². The van der Waals surface area contributed by atoms with Gasteiger partial charge in [-0.2, -0.15) is 0 Å². The van der Waals surface area contributed by atoms with E-state index in [0.29, 0.717) is 13.1 Å². The number of aromatic nitrogens is 2. The quantitative estimate of drug-likeness (QED) is 0.626. The zero-order chi connectivity index (χ0) is 19.8. The molecule has 0 unspecified atom stereocenters. The third-order valence-electron chi connectivity index (χ3n) is 5.30. The Bertz CT molecular complexity index is 1060. The largest absolute Gasteiger partial charge is 0.339 e. The number of hydrogen-bond acceptors (Lipinski definition) is 3. The van der Waals surface area contributed by atoms with Crippen LogP contribution in [0.25, 0.3) is 11.0 Å². The van der Waals surface area contributed by atoms with Crippen molar-refractivity contribution in [3.8, 4) is 0 Å². The highest BCUT2D eigenvalue weighted by molar-refractivity contribution is 9.10. The predicted molar refractivity (Wildman–Crippen MR) is 116 cm³/mol. The number of allylic oxidation sites excluding steroid dienone is 1. The summed E-state index contributed by atoms with van der Waals surface area (Å²) in [6.07, 6.45) is 0. The van der Waals surface area contributed by atoms with Gasteiger partial charge >= 0.3 is 0 Å². The number of nitrogens with one attached hydrogen (secondary N) is 1. The van der Waals surface area contributed by atoms with Gasteiger partial charge in [-0.3, -0.25) is 9.36 Å². The number of imidazole rings is 1. The summed E-state index contributed by atoms with van der Waals surface area (Å²) in [5, 5.41) is 3.37. The Morgan fingerprint density at radius 1 is 1.14 bits per heavy atom. The molecule has 0 spiro atoms. The summed E-state index contributed by atoms with van der Waals surface area (Å²) in [6.45, 7) is 7.35. The topological polar surface area (TPSA) is 50.2 Å². The highest BCUT2D eigenvalue weighted by Gasteiger charge is 2.35. The number of carbonyl (C=O) groups excluding carboxylic acids is 1. The van der Waals surface area contributed by atoms with Crippen LogP contribution in [0.5, 0.6) is 0 Å². The molecule has 0 saturated carbocycles. The van der Waals surface area contributed by atoms with E-state index in [4.69, 9.17) is 4.98 Å². The molecule has 0 saturated heterocycles. The zero-order valence-corrected chi connectivity index (χ0v) is 17.8. The van der Waals surface area contributed by atoms with Crippen molar-refractivity contribution in [3.05, 3.63) is 69.8 Å². The summed E-state index contributed by atoms with van der Waals surface area (Å²) in [6, 6.07) is 16.0. The van der Waals surface area contributed by atoms with Crippen LogP contribution in [-0.4, -0.2) is 33.4 Å². The molecule has 4 rings (SSSR count). The monoisotopic (exact) mass is 438 g/mol. The molecule has 28 heavy (non-hydrogen) atoms. The maximum Gasteiger partial charge on any atom is 0.253 e. The first kappa shape index (κ1) is 18.7. The average molecular weight is 439 g/mol. The number of hydrogen-bond donors (Lipinski definition) is 1. The molecule has 2 aromatic carbocycles. The lowest BCUT2D eigenvalue weighted by atomic mass is 9.94. The van der Waals surface area contributed by atoms with Gasteiger partial charge in [0, 0.05) is 23.3 Å². The zero-order valence-electron chi connectivity index (χ0n) is 16.2. The Labute approximate surface area is 173 Å². The second-order valence-corrected chi connectivity index (χ2v) is 7.81. The molecule has 0 aliphatic carbocycles. The normalized spacial score (nSPS) is 16.1. The molecule has 1 aliphatic heterocycles. The molecule has 1 N–H and O–H groups in total. The molecule has 3 aromatic rings. The van der Waals surface area contributed by atoms with Gasteiger partial charge in [0.05, 0.1) is 22.6 Å². The summed E-state index contributed by atoms with van der Waals surface area (Å²) in [5.74, 6) is 0.828. The molecule has 6 heteroatoms. The van der Waals surface area contributed by atoms with Gasteiger partial charge in [0.15, 0.2) is 0 Å². The lowest BCUT2D eigenvalue weighted by Gasteiger charge is -2.33. The van der Waals surface area contributed by atoms with E-state index in [-0.39, 0.29) is 11.9 Å². The second kappa shape index (κ2) is 7.43. The van der Waals surface area contributed by atoms with Gasteiger partial charge < -0.3 is 10.2 Å². The van der Waals surface area contributed by atoms with Crippen molar-refractivity contribution in [2.45, 2.75) is 26.8 Å². The first-order valence-electron chi connectivity index (χ1n) is 9.54. The number of benzene rings is 2. The van der Waals surface area contributed by atoms with Gasteiger partial charge in [0.2, 0.25) is 5.95 Å². The van der Waals surface area contributed by atoms with Crippen molar-refractivity contribution in [1.82, 2.24) is 14.5 Å². The fourth-order valence-electron chi connectivity index (χ4n) is 3.88. The van der Waals surface area contributed by atoms with Gasteiger partial charge in [-0.1, -0.05) is 40.2 Å². The van der Waals surface area contributed by atoms with Crippen LogP contribution in [-0.2, 0) is 4.79 Å². The molecular weight excluding hydrogens is 416 g/mol. The van der Waals surface area contributed by atoms with Crippen LogP contribution >= 0.6 is 15.9 Å². The van der Waals surface area contributed by atoms with Crippen LogP contribution in [0.4, 0.5) is 5.95 Å². The Morgan fingerprint density at radius 2 is 1.82 bits per heavy atom. The lowest BCUT2D eigenvalue weighted by molar-refractivity contribution is -0.127. The minimum absolute atomic E-state index is 0.0614. The highest BCUT2D eigenvalue weighted by Crippen LogP contribution is 2.40. The standard InChI is InChI=1S/C22H23BrN4O/c1-4-26(5-2)21(28)19-14(3)24-22-25-17-8-6-7-9-18(17)27(22)20(19)15-10-12-16(23)13-11-15/h6-13,20H,4-5H2,1-3H3,(H,24,25)/t20-/m1/s1. The van der Waals surface area contributed by atoms with E-state index < -0.39 is 0 Å². The van der Waals surface area contributed by atoms with Crippen LogP contribution in [0.2, 0.25) is 0 Å². The van der Waals surface area contributed by atoms with E-state index in [9.17, 15) is 4.79 Å². The van der Waals surface area contributed by atoms with E-state index >= 15 is 0 Å². The van der Waals surface area contributed by atoms with Crippen molar-refractivity contribution in [2.75, 3.05) is 18.4 Å². The number of fused-ring (bicyclic) bond motifs is 3. The highest BCUT2D eigenvalue weighted by atomic mass is 79.9. The van der Waals surface area contributed by atoms with E-state index in [1.54, 1.807) is 0 Å². The van der Waals surface area contributed by atoms with E-state index in [1.165, 1.54) is 0 Å². The molecular formula is C22H23BrN4O. The van der Waals surface area contributed by atoms with Gasteiger partial charge in [0.25, 0.3) is 5.91 Å². The third kappa shape index (κ3) is 3.02. The fourth-order valence-corrected chi connectivity index (χ4v) is 4.15. The van der Waals surface area contributed by atoms with Gasteiger partial charge in [-0.15, -0.1) is 0 Å². The van der Waals surface area contributed by atoms with Gasteiger partial charge in [0.1, 0.15) is 0 Å². The van der Waals surface area contributed by atoms with Gasteiger partial charge in [-0.05, 0) is 50.6 Å². The number of rotatable bonds is 4. The molecule has 1 atom stereocenters. The molecule has 0 fully saturated rings. The Kier molecular flexibility index (Phi) is 4.98. The third-order valence-corrected chi connectivity index (χ3v) is 5.83. The molecule has 1 aliphatic rings. The van der Waals surface area contributed by atoms with Crippen molar-refractivity contribution >= 4 is 38.8 Å². The summed E-state index contributed by atoms with van der Waals surface area (Å²) < 4.78 is 3.15. The SMILES string of the molecule is CCN(CC)C(=O)C1=C(C)Nc2nc3ccccc3n2[C@@H]1c1ccc(Br)cc1. The second-order valence-electron chi connectivity index (χ2n) is 6.89. The van der Waals surface area contributed by atoms with Gasteiger partial charge in [-0.25, -0.2) is 4.98 Å². The lowest BCUT2D eigenvalue weighted by Crippen LogP contribution is -2.37. The molecule has 0 radical (unpaired) electrons. The molecule has 144 valence electrons. The molecule has 5 nitrogen and oxygen atoms in total. The first-order valence-corrected chi connectivity index (χ1v) is 10.3. The minimum atomic E-state index is -0.232. The number of para-hydroxylation sites is 2. The average Bonchev–Trinajstić information content (AvgIpc) is 3.06. The number of carbonyl (C=O) groups is 1. The van der Waals surface area contributed by atoms with E-state index in [1.807, 2.05) is 56.0 Å². The fraction of sp³-hybridized carbons (Fsp3) is 0.273. The van der Waals surface area contributed by atoms with Crippen LogP contribution in [0.3, 0.4) is 0 Å². The van der Waals surface area contributed by atoms with E-state index in [0.717, 1.165) is 38.3 Å². The summed E-state index contributed by atoms with van der Waals surface area (Å²) >= 11 is 3.52. The van der Waals surface area contributed by atoms with Crippen molar-refractivity contribution < 1.29 is 4.79 Å². The molecule has 0 bridgehead atoms. The smallest absolute Gasteiger partial charge is 0.253 e. The van der Waals surface area contributed by atoms with Crippen molar-refractivity contribution in [1.29, 1.82) is 0 Å². The summed E-state index contributed by atoms with van der Waals surface area (Å²) in [5.41, 5.74) is 4.60. The predicted octanol–water partition coefficient (Wildman–Crippen LogP) is 4.96. The van der Waals surface area contributed by atoms with E-state index in [2.05, 4.69) is 44.0 Å². The number of amides is 1. The number of nitrogens with zero attached hydrogens (tertiary/aromatic N) is 3. The number of halogens is 1.